The van der Waals surface area contributed by atoms with Crippen LogP contribution in [0.4, 0.5) is 0 Å². The first kappa shape index (κ1) is 9.66. The van der Waals surface area contributed by atoms with E-state index in [1.54, 1.807) is 0 Å². The van der Waals surface area contributed by atoms with Crippen LogP contribution in [0.3, 0.4) is 0 Å². The molecule has 2 atom stereocenters. The van der Waals surface area contributed by atoms with Crippen LogP contribution in [-0.2, 0) is 9.59 Å². The molecule has 1 rings (SSSR count). The number of aliphatic imine (C=N–C) groups is 1. The largest absolute Gasteiger partial charge is 0.481 e. The summed E-state index contributed by atoms with van der Waals surface area (Å²) in [4.78, 5) is 24.7. The first-order chi connectivity index (χ1) is 6.11. The Labute approximate surface area is 74.3 Å². The van der Waals surface area contributed by atoms with E-state index < -0.39 is 23.9 Å². The van der Waals surface area contributed by atoms with Crippen molar-refractivity contribution in [1.29, 1.82) is 0 Å². The first-order valence-electron chi connectivity index (χ1n) is 3.79. The van der Waals surface area contributed by atoms with Crippen molar-refractivity contribution < 1.29 is 19.8 Å². The van der Waals surface area contributed by atoms with E-state index in [1.165, 1.54) is 6.21 Å². The highest BCUT2D eigenvalue weighted by Crippen LogP contribution is 2.09. The fourth-order valence-corrected chi connectivity index (χ4v) is 1.19. The van der Waals surface area contributed by atoms with Crippen LogP contribution in [0.5, 0.6) is 0 Å². The summed E-state index contributed by atoms with van der Waals surface area (Å²) in [6, 6.07) is -0.563. The van der Waals surface area contributed by atoms with Crippen molar-refractivity contribution in [2.24, 2.45) is 10.9 Å². The van der Waals surface area contributed by atoms with Gasteiger partial charge in [-0.05, 0) is 0 Å². The van der Waals surface area contributed by atoms with Crippen LogP contribution in [0.1, 0.15) is 6.42 Å². The SMILES string of the molecule is O=C(O)CC1NCN=CC1C(=O)O. The summed E-state index contributed by atoms with van der Waals surface area (Å²) >= 11 is 0. The Balaban J connectivity index is 2.65. The minimum absolute atomic E-state index is 0.205. The van der Waals surface area contributed by atoms with Crippen LogP contribution in [0.25, 0.3) is 0 Å². The van der Waals surface area contributed by atoms with Gasteiger partial charge in [0.05, 0.1) is 13.1 Å². The summed E-state index contributed by atoms with van der Waals surface area (Å²) in [6.07, 6.45) is 1.08. The molecule has 0 bridgehead atoms. The van der Waals surface area contributed by atoms with E-state index in [0.717, 1.165) is 0 Å². The predicted molar refractivity (Wildman–Crippen MR) is 43.7 cm³/mol. The number of hydrogen-bond donors (Lipinski definition) is 3. The van der Waals surface area contributed by atoms with Crippen LogP contribution in [0, 0.1) is 5.92 Å². The standard InChI is InChI=1S/C7H10N2O4/c10-6(11)1-5-4(7(12)13)2-8-3-9-5/h2,4-5,9H,1,3H2,(H,10,11)(H,12,13). The van der Waals surface area contributed by atoms with Gasteiger partial charge in [-0.15, -0.1) is 0 Å². The maximum atomic E-state index is 10.6. The first-order valence-corrected chi connectivity index (χ1v) is 3.79. The molecule has 0 saturated heterocycles. The summed E-state index contributed by atoms with van der Waals surface area (Å²) in [7, 11) is 0. The van der Waals surface area contributed by atoms with Gasteiger partial charge in [-0.2, -0.15) is 0 Å². The highest BCUT2D eigenvalue weighted by atomic mass is 16.4. The van der Waals surface area contributed by atoms with Gasteiger partial charge in [0, 0.05) is 12.3 Å². The molecule has 72 valence electrons. The number of carboxylic acid groups (broad SMARTS) is 2. The predicted octanol–water partition coefficient (Wildman–Crippen LogP) is -0.838. The van der Waals surface area contributed by atoms with E-state index in [1.807, 2.05) is 0 Å². The Hall–Kier alpha value is -1.43. The zero-order valence-electron chi connectivity index (χ0n) is 6.80. The zero-order valence-corrected chi connectivity index (χ0v) is 6.80. The number of hydrogen-bond acceptors (Lipinski definition) is 4. The topological polar surface area (TPSA) is 99.0 Å². The summed E-state index contributed by atoms with van der Waals surface area (Å²) in [5.41, 5.74) is 0. The number of nitrogens with one attached hydrogen (secondary N) is 1. The van der Waals surface area contributed by atoms with Crippen molar-refractivity contribution in [3.05, 3.63) is 0 Å². The highest BCUT2D eigenvalue weighted by molar-refractivity contribution is 5.90. The maximum absolute atomic E-state index is 10.6. The fourth-order valence-electron chi connectivity index (χ4n) is 1.19. The Kier molecular flexibility index (Phi) is 2.97. The normalized spacial score (nSPS) is 27.1. The van der Waals surface area contributed by atoms with Crippen LogP contribution in [0.2, 0.25) is 0 Å². The second kappa shape index (κ2) is 3.99. The molecule has 1 aliphatic rings. The quantitative estimate of drug-likeness (QED) is 0.533. The fraction of sp³-hybridized carbons (Fsp3) is 0.571. The lowest BCUT2D eigenvalue weighted by molar-refractivity contribution is -0.141. The van der Waals surface area contributed by atoms with Gasteiger partial charge in [0.15, 0.2) is 0 Å². The van der Waals surface area contributed by atoms with Crippen LogP contribution < -0.4 is 5.32 Å². The molecule has 1 aliphatic heterocycles. The van der Waals surface area contributed by atoms with Crippen molar-refractivity contribution in [1.82, 2.24) is 5.32 Å². The monoisotopic (exact) mass is 186 g/mol. The summed E-state index contributed by atoms with van der Waals surface area (Å²) in [6.45, 7) is 0.279. The van der Waals surface area contributed by atoms with Crippen molar-refractivity contribution >= 4 is 18.2 Å². The molecular weight excluding hydrogens is 176 g/mol. The Morgan fingerprint density at radius 3 is 2.77 bits per heavy atom. The van der Waals surface area contributed by atoms with Crippen molar-refractivity contribution in [3.8, 4) is 0 Å². The summed E-state index contributed by atoms with van der Waals surface area (Å²) in [5, 5.41) is 19.9. The maximum Gasteiger partial charge on any atom is 0.313 e. The third-order valence-corrected chi connectivity index (χ3v) is 1.82. The molecule has 3 N–H and O–H groups in total. The third kappa shape index (κ3) is 2.51. The van der Waals surface area contributed by atoms with Gasteiger partial charge in [0.25, 0.3) is 0 Å². The number of nitrogens with zero attached hydrogens (tertiary/aromatic N) is 1. The average Bonchev–Trinajstić information content (AvgIpc) is 2.03. The Bertz CT molecular complexity index is 251. The summed E-state index contributed by atoms with van der Waals surface area (Å²) < 4.78 is 0. The summed E-state index contributed by atoms with van der Waals surface area (Å²) in [5.74, 6) is -2.91. The van der Waals surface area contributed by atoms with Gasteiger partial charge in [0.1, 0.15) is 5.92 Å². The van der Waals surface area contributed by atoms with E-state index in [0.29, 0.717) is 0 Å². The van der Waals surface area contributed by atoms with Crippen molar-refractivity contribution in [2.45, 2.75) is 12.5 Å². The number of aliphatic carboxylic acids is 2. The van der Waals surface area contributed by atoms with E-state index in [2.05, 4.69) is 10.3 Å². The minimum Gasteiger partial charge on any atom is -0.481 e. The molecule has 0 saturated carbocycles. The van der Waals surface area contributed by atoms with Crippen LogP contribution >= 0.6 is 0 Å². The molecule has 6 nitrogen and oxygen atoms in total. The molecule has 0 fully saturated rings. The molecule has 0 amide bonds. The zero-order chi connectivity index (χ0) is 9.84. The second-order valence-corrected chi connectivity index (χ2v) is 2.76. The van der Waals surface area contributed by atoms with Gasteiger partial charge in [-0.25, -0.2) is 0 Å². The molecule has 1 heterocycles. The third-order valence-electron chi connectivity index (χ3n) is 1.82. The lowest BCUT2D eigenvalue weighted by Gasteiger charge is -2.23. The Morgan fingerprint density at radius 2 is 2.23 bits per heavy atom. The van der Waals surface area contributed by atoms with E-state index in [4.69, 9.17) is 10.2 Å². The van der Waals surface area contributed by atoms with Gasteiger partial charge in [-0.1, -0.05) is 0 Å². The molecule has 0 radical (unpaired) electrons. The molecule has 6 heteroatoms. The lowest BCUT2D eigenvalue weighted by Crippen LogP contribution is -2.45. The van der Waals surface area contributed by atoms with Crippen LogP contribution in [-0.4, -0.2) is 41.1 Å². The molecule has 0 aliphatic carbocycles. The second-order valence-electron chi connectivity index (χ2n) is 2.76. The molecule has 0 aromatic carbocycles. The lowest BCUT2D eigenvalue weighted by atomic mass is 9.97. The van der Waals surface area contributed by atoms with Gasteiger partial charge < -0.3 is 10.2 Å². The molecule has 0 aromatic rings. The van der Waals surface area contributed by atoms with Gasteiger partial charge in [-0.3, -0.25) is 19.9 Å². The van der Waals surface area contributed by atoms with E-state index in [-0.39, 0.29) is 13.1 Å². The Morgan fingerprint density at radius 1 is 1.54 bits per heavy atom. The molecular formula is C7H10N2O4. The molecule has 2 unspecified atom stereocenters. The minimum atomic E-state index is -1.05. The van der Waals surface area contributed by atoms with Gasteiger partial charge >= 0.3 is 11.9 Å². The van der Waals surface area contributed by atoms with E-state index in [9.17, 15) is 9.59 Å². The van der Waals surface area contributed by atoms with Gasteiger partial charge in [0.2, 0.25) is 0 Å². The smallest absolute Gasteiger partial charge is 0.313 e. The number of rotatable bonds is 3. The van der Waals surface area contributed by atoms with Crippen molar-refractivity contribution in [3.63, 3.8) is 0 Å². The molecule has 0 spiro atoms. The van der Waals surface area contributed by atoms with E-state index >= 15 is 0 Å². The number of carbonyl (C=O) groups is 2. The van der Waals surface area contributed by atoms with Crippen molar-refractivity contribution in [2.75, 3.05) is 6.67 Å². The average molecular weight is 186 g/mol. The molecule has 0 aromatic heterocycles. The molecule has 13 heavy (non-hydrogen) atoms. The highest BCUT2D eigenvalue weighted by Gasteiger charge is 2.29. The number of carboxylic acids is 2. The van der Waals surface area contributed by atoms with Crippen LogP contribution in [0.15, 0.2) is 4.99 Å².